The minimum atomic E-state index is 0.740. The van der Waals surface area contributed by atoms with Gasteiger partial charge in [-0.3, -0.25) is 0 Å². The molecule has 2 atom stereocenters. The summed E-state index contributed by atoms with van der Waals surface area (Å²) in [5.41, 5.74) is 1.50. The molecule has 1 N–H and O–H groups in total. The second-order valence-corrected chi connectivity index (χ2v) is 7.19. The van der Waals surface area contributed by atoms with Crippen molar-refractivity contribution in [3.05, 3.63) is 34.3 Å². The van der Waals surface area contributed by atoms with E-state index in [1.807, 2.05) is 0 Å². The molecule has 1 aliphatic heterocycles. The third-order valence-electron chi connectivity index (χ3n) is 3.76. The maximum absolute atomic E-state index is 3.83. The van der Waals surface area contributed by atoms with E-state index in [-0.39, 0.29) is 0 Å². The molecule has 17 heavy (non-hydrogen) atoms. The standard InChI is InChI=1S/C14H18BrNS/c15-11-3-1-10(2-4-11)13-9-14(13)16-12-5-7-17-8-6-12/h1-4,12-14,16H,5-9H2/t13-,14+/m0/s1. The van der Waals surface area contributed by atoms with Gasteiger partial charge < -0.3 is 5.32 Å². The number of benzene rings is 1. The molecule has 1 heterocycles. The zero-order valence-corrected chi connectivity index (χ0v) is 12.3. The number of rotatable bonds is 3. The second kappa shape index (κ2) is 5.33. The van der Waals surface area contributed by atoms with Crippen molar-refractivity contribution in [1.29, 1.82) is 0 Å². The number of hydrogen-bond acceptors (Lipinski definition) is 2. The third kappa shape index (κ3) is 3.07. The van der Waals surface area contributed by atoms with Crippen molar-refractivity contribution in [3.8, 4) is 0 Å². The predicted octanol–water partition coefficient (Wildman–Crippen LogP) is 3.79. The van der Waals surface area contributed by atoms with E-state index >= 15 is 0 Å². The van der Waals surface area contributed by atoms with Gasteiger partial charge in [0.25, 0.3) is 0 Å². The molecule has 3 rings (SSSR count). The van der Waals surface area contributed by atoms with Crippen LogP contribution in [0.15, 0.2) is 28.7 Å². The molecule has 0 bridgehead atoms. The van der Waals surface area contributed by atoms with Gasteiger partial charge in [0, 0.05) is 22.5 Å². The fourth-order valence-electron chi connectivity index (χ4n) is 2.62. The van der Waals surface area contributed by atoms with Crippen LogP contribution in [0.3, 0.4) is 0 Å². The molecule has 1 saturated carbocycles. The van der Waals surface area contributed by atoms with E-state index in [0.29, 0.717) is 0 Å². The minimum absolute atomic E-state index is 0.740. The molecule has 0 amide bonds. The fourth-order valence-corrected chi connectivity index (χ4v) is 4.00. The van der Waals surface area contributed by atoms with E-state index in [9.17, 15) is 0 Å². The third-order valence-corrected chi connectivity index (χ3v) is 5.34. The van der Waals surface area contributed by atoms with Crippen molar-refractivity contribution in [2.45, 2.75) is 37.3 Å². The molecule has 0 aromatic heterocycles. The number of hydrogen-bond donors (Lipinski definition) is 1. The number of nitrogens with one attached hydrogen (secondary N) is 1. The van der Waals surface area contributed by atoms with Crippen LogP contribution in [0.25, 0.3) is 0 Å². The lowest BCUT2D eigenvalue weighted by atomic mass is 10.1. The van der Waals surface area contributed by atoms with Crippen molar-refractivity contribution in [2.24, 2.45) is 0 Å². The van der Waals surface area contributed by atoms with Gasteiger partial charge in [0.1, 0.15) is 0 Å². The molecule has 3 heteroatoms. The molecule has 0 unspecified atom stereocenters. The largest absolute Gasteiger partial charge is 0.311 e. The zero-order chi connectivity index (χ0) is 11.7. The average Bonchev–Trinajstić information content (AvgIpc) is 3.11. The Morgan fingerprint density at radius 3 is 2.53 bits per heavy atom. The molecule has 1 aromatic carbocycles. The van der Waals surface area contributed by atoms with E-state index < -0.39 is 0 Å². The summed E-state index contributed by atoms with van der Waals surface area (Å²) in [5.74, 6) is 3.44. The Bertz CT molecular complexity index is 372. The van der Waals surface area contributed by atoms with Crippen LogP contribution in [0.5, 0.6) is 0 Å². The van der Waals surface area contributed by atoms with Crippen molar-refractivity contribution in [2.75, 3.05) is 11.5 Å². The lowest BCUT2D eigenvalue weighted by Gasteiger charge is -2.22. The lowest BCUT2D eigenvalue weighted by Crippen LogP contribution is -2.34. The van der Waals surface area contributed by atoms with E-state index in [1.165, 1.54) is 40.8 Å². The smallest absolute Gasteiger partial charge is 0.0175 e. The van der Waals surface area contributed by atoms with Crippen molar-refractivity contribution in [1.82, 2.24) is 5.32 Å². The van der Waals surface area contributed by atoms with Gasteiger partial charge in [-0.05, 0) is 48.5 Å². The van der Waals surface area contributed by atoms with Gasteiger partial charge in [0.15, 0.2) is 0 Å². The highest BCUT2D eigenvalue weighted by atomic mass is 79.9. The normalized spacial score (nSPS) is 29.2. The average molecular weight is 312 g/mol. The van der Waals surface area contributed by atoms with Crippen LogP contribution in [0, 0.1) is 0 Å². The molecule has 0 spiro atoms. The van der Waals surface area contributed by atoms with Crippen LogP contribution in [-0.4, -0.2) is 23.6 Å². The minimum Gasteiger partial charge on any atom is -0.311 e. The Morgan fingerprint density at radius 2 is 1.82 bits per heavy atom. The first-order chi connectivity index (χ1) is 8.33. The van der Waals surface area contributed by atoms with Gasteiger partial charge in [0.05, 0.1) is 0 Å². The van der Waals surface area contributed by atoms with Gasteiger partial charge in [0.2, 0.25) is 0 Å². The van der Waals surface area contributed by atoms with Crippen molar-refractivity contribution in [3.63, 3.8) is 0 Å². The molecule has 1 aliphatic carbocycles. The quantitative estimate of drug-likeness (QED) is 0.911. The lowest BCUT2D eigenvalue weighted by molar-refractivity contribution is 0.475. The van der Waals surface area contributed by atoms with Gasteiger partial charge in [-0.25, -0.2) is 0 Å². The van der Waals surface area contributed by atoms with Gasteiger partial charge in [-0.1, -0.05) is 28.1 Å². The van der Waals surface area contributed by atoms with E-state index in [1.54, 1.807) is 0 Å². The summed E-state index contributed by atoms with van der Waals surface area (Å²) >= 11 is 5.59. The summed E-state index contributed by atoms with van der Waals surface area (Å²) in [6.45, 7) is 0. The predicted molar refractivity (Wildman–Crippen MR) is 78.8 cm³/mol. The Balaban J connectivity index is 1.53. The number of thioether (sulfide) groups is 1. The van der Waals surface area contributed by atoms with Crippen LogP contribution in [-0.2, 0) is 0 Å². The van der Waals surface area contributed by atoms with Crippen LogP contribution < -0.4 is 5.32 Å². The summed E-state index contributed by atoms with van der Waals surface area (Å²) in [6, 6.07) is 10.3. The van der Waals surface area contributed by atoms with Gasteiger partial charge >= 0.3 is 0 Å². The first kappa shape index (κ1) is 12.1. The summed E-state index contributed by atoms with van der Waals surface area (Å²) in [5, 5.41) is 3.83. The summed E-state index contributed by atoms with van der Waals surface area (Å²) in [4.78, 5) is 0. The maximum atomic E-state index is 3.83. The fraction of sp³-hybridized carbons (Fsp3) is 0.571. The van der Waals surface area contributed by atoms with Crippen molar-refractivity contribution < 1.29 is 0 Å². The Morgan fingerprint density at radius 1 is 1.12 bits per heavy atom. The molecular formula is C14H18BrNS. The summed E-state index contributed by atoms with van der Waals surface area (Å²) in [6.07, 6.45) is 4.04. The molecule has 1 nitrogen and oxygen atoms in total. The molecule has 2 fully saturated rings. The molecular weight excluding hydrogens is 294 g/mol. The van der Waals surface area contributed by atoms with Crippen LogP contribution >= 0.6 is 27.7 Å². The molecule has 92 valence electrons. The van der Waals surface area contributed by atoms with Crippen LogP contribution in [0.4, 0.5) is 0 Å². The van der Waals surface area contributed by atoms with Crippen LogP contribution in [0.1, 0.15) is 30.7 Å². The monoisotopic (exact) mass is 311 g/mol. The van der Waals surface area contributed by atoms with Crippen LogP contribution in [0.2, 0.25) is 0 Å². The Kier molecular flexibility index (Phi) is 3.78. The SMILES string of the molecule is Brc1ccc([C@@H]2C[C@H]2NC2CCSCC2)cc1. The molecule has 2 aliphatic rings. The van der Waals surface area contributed by atoms with Crippen molar-refractivity contribution >= 4 is 27.7 Å². The highest BCUT2D eigenvalue weighted by molar-refractivity contribution is 9.10. The topological polar surface area (TPSA) is 12.0 Å². The maximum Gasteiger partial charge on any atom is 0.0175 e. The van der Waals surface area contributed by atoms with Gasteiger partial charge in [-0.15, -0.1) is 0 Å². The summed E-state index contributed by atoms with van der Waals surface area (Å²) < 4.78 is 1.18. The molecule has 1 aromatic rings. The number of halogens is 1. The molecule has 1 saturated heterocycles. The summed E-state index contributed by atoms with van der Waals surface area (Å²) in [7, 11) is 0. The van der Waals surface area contributed by atoms with E-state index in [2.05, 4.69) is 57.3 Å². The first-order valence-corrected chi connectivity index (χ1v) is 8.37. The first-order valence-electron chi connectivity index (χ1n) is 6.42. The Labute approximate surface area is 116 Å². The molecule has 0 radical (unpaired) electrons. The highest BCUT2D eigenvalue weighted by Gasteiger charge is 2.39. The Hall–Kier alpha value is 0.01000. The van der Waals surface area contributed by atoms with Gasteiger partial charge in [-0.2, -0.15) is 11.8 Å². The van der Waals surface area contributed by atoms with E-state index in [0.717, 1.165) is 18.0 Å². The second-order valence-electron chi connectivity index (χ2n) is 5.05. The highest BCUT2D eigenvalue weighted by Crippen LogP contribution is 2.41. The van der Waals surface area contributed by atoms with E-state index in [4.69, 9.17) is 0 Å². The zero-order valence-electron chi connectivity index (χ0n) is 9.86.